The predicted octanol–water partition coefficient (Wildman–Crippen LogP) is 2.23. The summed E-state index contributed by atoms with van der Waals surface area (Å²) >= 11 is 0. The second kappa shape index (κ2) is 5.54. The fourth-order valence-electron chi connectivity index (χ4n) is 2.06. The van der Waals surface area contributed by atoms with E-state index in [-0.39, 0.29) is 17.2 Å². The molecule has 2 aromatic heterocycles. The number of aromatic nitrogens is 4. The lowest BCUT2D eigenvalue weighted by Gasteiger charge is -2.00. The van der Waals surface area contributed by atoms with E-state index in [1.165, 1.54) is 6.33 Å². The smallest absolute Gasteiger partial charge is 0.277 e. The molecule has 0 aliphatic heterocycles. The molecular formula is C15H12N6O. The average Bonchev–Trinajstić information content (AvgIpc) is 3.14. The molecule has 3 aromatic rings. The fourth-order valence-corrected chi connectivity index (χ4v) is 2.06. The number of imidazole rings is 2. The molecule has 0 unspecified atom stereocenters. The highest BCUT2D eigenvalue weighted by Gasteiger charge is 2.18. The molecule has 7 nitrogen and oxygen atoms in total. The molecule has 0 saturated heterocycles. The quantitative estimate of drug-likeness (QED) is 0.687. The van der Waals surface area contributed by atoms with Gasteiger partial charge < -0.3 is 15.3 Å². The van der Waals surface area contributed by atoms with Crippen molar-refractivity contribution in [2.45, 2.75) is 6.92 Å². The third-order valence-electron chi connectivity index (χ3n) is 3.13. The molecule has 0 spiro atoms. The number of amides is 1. The van der Waals surface area contributed by atoms with Crippen LogP contribution < -0.4 is 5.32 Å². The summed E-state index contributed by atoms with van der Waals surface area (Å²) in [5.74, 6) is 0.390. The number of anilines is 1. The molecule has 2 heterocycles. The van der Waals surface area contributed by atoms with Crippen LogP contribution in [-0.2, 0) is 0 Å². The minimum atomic E-state index is -0.417. The Morgan fingerprint density at radius 1 is 1.32 bits per heavy atom. The van der Waals surface area contributed by atoms with Gasteiger partial charge in [0.25, 0.3) is 5.91 Å². The molecule has 7 heteroatoms. The van der Waals surface area contributed by atoms with Crippen LogP contribution in [0, 0.1) is 18.3 Å². The molecule has 108 valence electrons. The first-order valence-electron chi connectivity index (χ1n) is 6.56. The first-order valence-corrected chi connectivity index (χ1v) is 6.56. The molecule has 3 rings (SSSR count). The second-order valence-electron chi connectivity index (χ2n) is 4.62. The van der Waals surface area contributed by atoms with Crippen molar-refractivity contribution in [3.63, 3.8) is 0 Å². The van der Waals surface area contributed by atoms with E-state index in [0.717, 1.165) is 5.56 Å². The van der Waals surface area contributed by atoms with E-state index >= 15 is 0 Å². The standard InChI is InChI=1S/C15H12N6O/c1-9-12(15(22)21-14-11(7-16)17-8-18-14)20-13(19-9)10-5-3-2-4-6-10/h2-6,8H,1H3,(H,17,18)(H,19,20)(H,21,22). The topological polar surface area (TPSA) is 110 Å². The van der Waals surface area contributed by atoms with Gasteiger partial charge in [-0.2, -0.15) is 5.26 Å². The Bertz CT molecular complexity index is 856. The lowest BCUT2D eigenvalue weighted by Crippen LogP contribution is -2.14. The van der Waals surface area contributed by atoms with E-state index in [0.29, 0.717) is 11.5 Å². The first-order chi connectivity index (χ1) is 10.7. The van der Waals surface area contributed by atoms with Crippen LogP contribution in [0.2, 0.25) is 0 Å². The molecule has 0 saturated carbocycles. The Hall–Kier alpha value is -3.40. The maximum absolute atomic E-state index is 12.3. The third-order valence-corrected chi connectivity index (χ3v) is 3.13. The van der Waals surface area contributed by atoms with Crippen LogP contribution in [0.15, 0.2) is 36.7 Å². The van der Waals surface area contributed by atoms with Crippen LogP contribution in [0.5, 0.6) is 0 Å². The minimum absolute atomic E-state index is 0.191. The lowest BCUT2D eigenvalue weighted by atomic mass is 10.2. The van der Waals surface area contributed by atoms with Crippen LogP contribution >= 0.6 is 0 Å². The highest BCUT2D eigenvalue weighted by Crippen LogP contribution is 2.18. The van der Waals surface area contributed by atoms with Crippen molar-refractivity contribution < 1.29 is 4.79 Å². The van der Waals surface area contributed by atoms with E-state index in [9.17, 15) is 4.79 Å². The number of rotatable bonds is 3. The normalized spacial score (nSPS) is 10.2. The molecule has 22 heavy (non-hydrogen) atoms. The molecule has 1 amide bonds. The second-order valence-corrected chi connectivity index (χ2v) is 4.62. The summed E-state index contributed by atoms with van der Waals surface area (Å²) < 4.78 is 0. The average molecular weight is 292 g/mol. The number of aromatic amines is 2. The number of hydrogen-bond acceptors (Lipinski definition) is 4. The van der Waals surface area contributed by atoms with Gasteiger partial charge in [-0.15, -0.1) is 0 Å². The number of carbonyl (C=O) groups excluding carboxylic acids is 1. The summed E-state index contributed by atoms with van der Waals surface area (Å²) in [6, 6.07) is 11.4. The maximum Gasteiger partial charge on any atom is 0.277 e. The number of benzene rings is 1. The Kier molecular flexibility index (Phi) is 3.42. The molecule has 0 radical (unpaired) electrons. The van der Waals surface area contributed by atoms with Gasteiger partial charge in [0.1, 0.15) is 17.6 Å². The van der Waals surface area contributed by atoms with E-state index in [2.05, 4.69) is 25.3 Å². The first kappa shape index (κ1) is 13.6. The number of aryl methyl sites for hydroxylation is 1. The predicted molar refractivity (Wildman–Crippen MR) is 80.0 cm³/mol. The molecule has 0 aliphatic carbocycles. The largest absolute Gasteiger partial charge is 0.341 e. The number of nitrogens with zero attached hydrogens (tertiary/aromatic N) is 3. The molecular weight excluding hydrogens is 280 g/mol. The SMILES string of the molecule is Cc1[nH]c(-c2ccccc2)nc1C(=O)Nc1nc[nH]c1C#N. The Labute approximate surface area is 126 Å². The highest BCUT2D eigenvalue weighted by molar-refractivity contribution is 6.04. The maximum atomic E-state index is 12.3. The summed E-state index contributed by atoms with van der Waals surface area (Å²) in [5, 5.41) is 11.5. The van der Waals surface area contributed by atoms with Crippen molar-refractivity contribution in [1.29, 1.82) is 5.26 Å². The van der Waals surface area contributed by atoms with E-state index in [4.69, 9.17) is 5.26 Å². The van der Waals surface area contributed by atoms with E-state index in [1.54, 1.807) is 6.92 Å². The zero-order valence-electron chi connectivity index (χ0n) is 11.7. The number of carbonyl (C=O) groups is 1. The molecule has 0 fully saturated rings. The summed E-state index contributed by atoms with van der Waals surface area (Å²) in [6.45, 7) is 1.77. The van der Waals surface area contributed by atoms with Crippen molar-refractivity contribution in [3.8, 4) is 17.5 Å². The molecule has 1 aromatic carbocycles. The zero-order valence-corrected chi connectivity index (χ0v) is 11.7. The summed E-state index contributed by atoms with van der Waals surface area (Å²) in [4.78, 5) is 26.2. The Morgan fingerprint density at radius 2 is 2.09 bits per heavy atom. The van der Waals surface area contributed by atoms with Crippen LogP contribution in [-0.4, -0.2) is 25.8 Å². The van der Waals surface area contributed by atoms with Gasteiger partial charge in [-0.3, -0.25) is 4.79 Å². The minimum Gasteiger partial charge on any atom is -0.341 e. The van der Waals surface area contributed by atoms with Crippen LogP contribution in [0.25, 0.3) is 11.4 Å². The molecule has 0 atom stereocenters. The van der Waals surface area contributed by atoms with E-state index < -0.39 is 5.91 Å². The van der Waals surface area contributed by atoms with Gasteiger partial charge in [-0.05, 0) is 6.92 Å². The number of H-pyrrole nitrogens is 2. The third kappa shape index (κ3) is 2.45. The lowest BCUT2D eigenvalue weighted by molar-refractivity contribution is 0.102. The number of hydrogen-bond donors (Lipinski definition) is 3. The monoisotopic (exact) mass is 292 g/mol. The zero-order chi connectivity index (χ0) is 15.5. The van der Waals surface area contributed by atoms with Crippen molar-refractivity contribution in [1.82, 2.24) is 19.9 Å². The van der Waals surface area contributed by atoms with Crippen molar-refractivity contribution >= 4 is 11.7 Å². The Morgan fingerprint density at radius 3 is 2.82 bits per heavy atom. The Balaban J connectivity index is 1.88. The van der Waals surface area contributed by atoms with Crippen LogP contribution in [0.1, 0.15) is 21.9 Å². The molecule has 0 aliphatic rings. The van der Waals surface area contributed by atoms with Gasteiger partial charge in [-0.1, -0.05) is 30.3 Å². The van der Waals surface area contributed by atoms with Crippen LogP contribution in [0.3, 0.4) is 0 Å². The van der Waals surface area contributed by atoms with Gasteiger partial charge in [0.2, 0.25) is 0 Å². The fraction of sp³-hybridized carbons (Fsp3) is 0.0667. The molecule has 3 N–H and O–H groups in total. The van der Waals surface area contributed by atoms with Gasteiger partial charge >= 0.3 is 0 Å². The van der Waals surface area contributed by atoms with Crippen molar-refractivity contribution in [2.75, 3.05) is 5.32 Å². The summed E-state index contributed by atoms with van der Waals surface area (Å²) in [7, 11) is 0. The summed E-state index contributed by atoms with van der Waals surface area (Å²) in [6.07, 6.45) is 1.35. The van der Waals surface area contributed by atoms with Gasteiger partial charge in [0, 0.05) is 11.3 Å². The van der Waals surface area contributed by atoms with Gasteiger partial charge in [0.15, 0.2) is 11.5 Å². The van der Waals surface area contributed by atoms with E-state index in [1.807, 2.05) is 36.4 Å². The van der Waals surface area contributed by atoms with Crippen LogP contribution in [0.4, 0.5) is 5.82 Å². The highest BCUT2D eigenvalue weighted by atomic mass is 16.2. The number of nitriles is 1. The molecule has 0 bridgehead atoms. The summed E-state index contributed by atoms with van der Waals surface area (Å²) in [5.41, 5.74) is 2.00. The van der Waals surface area contributed by atoms with Gasteiger partial charge in [0.05, 0.1) is 6.33 Å². The van der Waals surface area contributed by atoms with Crippen molar-refractivity contribution in [2.24, 2.45) is 0 Å². The van der Waals surface area contributed by atoms with Gasteiger partial charge in [-0.25, -0.2) is 9.97 Å². The van der Waals surface area contributed by atoms with Crippen molar-refractivity contribution in [3.05, 3.63) is 53.7 Å². The number of nitrogens with one attached hydrogen (secondary N) is 3.